The van der Waals surface area contributed by atoms with Crippen LogP contribution in [0.3, 0.4) is 0 Å². The van der Waals surface area contributed by atoms with Gasteiger partial charge in [-0.1, -0.05) is 18.2 Å². The van der Waals surface area contributed by atoms with Gasteiger partial charge in [0.15, 0.2) is 0 Å². The van der Waals surface area contributed by atoms with Crippen molar-refractivity contribution in [1.29, 1.82) is 0 Å². The third-order valence-electron chi connectivity index (χ3n) is 4.92. The molecule has 1 aliphatic carbocycles. The standard InChI is InChI=1S/C18H23N3O4S/c1-3-8-19-17(23)13-11-16(22)20-15-6-7-18(2,12-14(13)15)26(24,25)21-9-4-5-10-21/h3,6,11-12H,1,4-5,7-10H2,2H3,(H,19,23)(H,20,22). The van der Waals surface area contributed by atoms with Gasteiger partial charge in [0.25, 0.3) is 5.91 Å². The smallest absolute Gasteiger partial charge is 0.252 e. The molecule has 1 aromatic rings. The Hall–Kier alpha value is -2.19. The van der Waals surface area contributed by atoms with E-state index in [0.717, 1.165) is 12.8 Å². The third kappa shape index (κ3) is 3.14. The normalized spacial score (nSPS) is 22.8. The number of rotatable bonds is 5. The van der Waals surface area contributed by atoms with Gasteiger partial charge in [-0.3, -0.25) is 9.59 Å². The van der Waals surface area contributed by atoms with Gasteiger partial charge in [0.05, 0.1) is 5.56 Å². The van der Waals surface area contributed by atoms with Gasteiger partial charge >= 0.3 is 0 Å². The number of nitrogens with one attached hydrogen (secondary N) is 2. The number of nitrogens with zero attached hydrogens (tertiary/aromatic N) is 1. The van der Waals surface area contributed by atoms with Crippen molar-refractivity contribution in [2.24, 2.45) is 0 Å². The molecule has 0 spiro atoms. The molecule has 1 fully saturated rings. The molecule has 1 saturated heterocycles. The Morgan fingerprint density at radius 1 is 1.42 bits per heavy atom. The summed E-state index contributed by atoms with van der Waals surface area (Å²) in [5.74, 6) is -0.431. The Kier molecular flexibility index (Phi) is 4.90. The molecule has 3 rings (SSSR count). The minimum atomic E-state index is -3.57. The Balaban J connectivity index is 2.15. The number of aromatic amines is 1. The van der Waals surface area contributed by atoms with Gasteiger partial charge < -0.3 is 10.3 Å². The second-order valence-corrected chi connectivity index (χ2v) is 9.25. The molecule has 2 aliphatic rings. The van der Waals surface area contributed by atoms with Crippen LogP contribution in [-0.4, -0.2) is 48.0 Å². The number of carbonyl (C=O) groups is 1. The summed E-state index contributed by atoms with van der Waals surface area (Å²) >= 11 is 0. The van der Waals surface area contributed by atoms with Crippen molar-refractivity contribution in [3.8, 4) is 0 Å². The lowest BCUT2D eigenvalue weighted by Crippen LogP contribution is -2.51. The first kappa shape index (κ1) is 18.6. The summed E-state index contributed by atoms with van der Waals surface area (Å²) in [6.45, 7) is 6.52. The SMILES string of the molecule is C=CCNC(=O)c1cc(=O)[nH]c2c1=CC(C)(S(=O)(=O)N1CCCC1)CC=2. The zero-order chi connectivity index (χ0) is 18.9. The highest BCUT2D eigenvalue weighted by Crippen LogP contribution is 2.30. The number of pyridine rings is 1. The predicted molar refractivity (Wildman–Crippen MR) is 101 cm³/mol. The molecule has 140 valence electrons. The van der Waals surface area contributed by atoms with Gasteiger partial charge in [0, 0.05) is 36.3 Å². The zero-order valence-electron chi connectivity index (χ0n) is 14.7. The molecule has 2 N–H and O–H groups in total. The van der Waals surface area contributed by atoms with E-state index in [-0.39, 0.29) is 18.5 Å². The second kappa shape index (κ2) is 6.85. The summed E-state index contributed by atoms with van der Waals surface area (Å²) in [6, 6.07) is 1.20. The van der Waals surface area contributed by atoms with Gasteiger partial charge in [-0.15, -0.1) is 6.58 Å². The van der Waals surface area contributed by atoms with Gasteiger partial charge in [-0.05, 0) is 26.2 Å². The van der Waals surface area contributed by atoms with Crippen LogP contribution in [0, 0.1) is 0 Å². The van der Waals surface area contributed by atoms with E-state index in [2.05, 4.69) is 16.9 Å². The first-order valence-corrected chi connectivity index (χ1v) is 10.1. The minimum Gasteiger partial charge on any atom is -0.349 e. The molecule has 26 heavy (non-hydrogen) atoms. The molecule has 2 heterocycles. The van der Waals surface area contributed by atoms with Crippen LogP contribution >= 0.6 is 0 Å². The monoisotopic (exact) mass is 377 g/mol. The number of hydrogen-bond donors (Lipinski definition) is 2. The molecule has 7 nitrogen and oxygen atoms in total. The number of aromatic nitrogens is 1. The van der Waals surface area contributed by atoms with Crippen molar-refractivity contribution in [3.63, 3.8) is 0 Å². The van der Waals surface area contributed by atoms with Crippen molar-refractivity contribution in [3.05, 3.63) is 45.2 Å². The minimum absolute atomic E-state index is 0.171. The summed E-state index contributed by atoms with van der Waals surface area (Å²) < 4.78 is 26.6. The van der Waals surface area contributed by atoms with Crippen molar-refractivity contribution >= 4 is 28.1 Å². The van der Waals surface area contributed by atoms with Crippen LogP contribution < -0.4 is 21.4 Å². The van der Waals surface area contributed by atoms with Crippen molar-refractivity contribution in [1.82, 2.24) is 14.6 Å². The zero-order valence-corrected chi connectivity index (χ0v) is 15.6. The third-order valence-corrected chi connectivity index (χ3v) is 7.43. The highest BCUT2D eigenvalue weighted by molar-refractivity contribution is 7.91. The van der Waals surface area contributed by atoms with Crippen molar-refractivity contribution in [2.75, 3.05) is 19.6 Å². The maximum Gasteiger partial charge on any atom is 0.252 e. The number of amides is 1. The summed E-state index contributed by atoms with van der Waals surface area (Å²) in [6.07, 6.45) is 6.79. The number of fused-ring (bicyclic) bond motifs is 1. The Morgan fingerprint density at radius 3 is 2.77 bits per heavy atom. The molecule has 1 aliphatic heterocycles. The number of H-pyrrole nitrogens is 1. The van der Waals surface area contributed by atoms with E-state index in [1.165, 1.54) is 16.4 Å². The largest absolute Gasteiger partial charge is 0.349 e. The summed E-state index contributed by atoms with van der Waals surface area (Å²) in [5.41, 5.74) is -0.229. The van der Waals surface area contributed by atoms with E-state index in [9.17, 15) is 18.0 Å². The maximum absolute atomic E-state index is 13.1. The molecule has 1 atom stereocenters. The molecule has 8 heteroatoms. The van der Waals surface area contributed by atoms with Crippen LogP contribution in [0.15, 0.2) is 23.5 Å². The van der Waals surface area contributed by atoms with E-state index in [0.29, 0.717) is 23.7 Å². The summed E-state index contributed by atoms with van der Waals surface area (Å²) in [7, 11) is -3.57. The van der Waals surface area contributed by atoms with E-state index in [4.69, 9.17) is 0 Å². The highest BCUT2D eigenvalue weighted by atomic mass is 32.2. The first-order valence-electron chi connectivity index (χ1n) is 8.64. The fourth-order valence-corrected chi connectivity index (χ4v) is 5.32. The van der Waals surface area contributed by atoms with Crippen LogP contribution in [0.4, 0.5) is 0 Å². The number of sulfonamides is 1. The lowest BCUT2D eigenvalue weighted by Gasteiger charge is -2.31. The molecular weight excluding hydrogens is 354 g/mol. The predicted octanol–water partition coefficient (Wildman–Crippen LogP) is -0.560. The van der Waals surface area contributed by atoms with Crippen LogP contribution in [0.25, 0.3) is 12.2 Å². The van der Waals surface area contributed by atoms with Crippen molar-refractivity contribution in [2.45, 2.75) is 30.9 Å². The fraction of sp³-hybridized carbons (Fsp3) is 0.444. The lowest BCUT2D eigenvalue weighted by atomic mass is 9.98. The quantitative estimate of drug-likeness (QED) is 0.672. The Labute approximate surface area is 152 Å². The molecule has 1 unspecified atom stereocenters. The molecule has 0 bridgehead atoms. The van der Waals surface area contributed by atoms with Gasteiger partial charge in [-0.25, -0.2) is 12.7 Å². The Bertz CT molecular complexity index is 1020. The molecule has 0 aromatic carbocycles. The number of hydrogen-bond acceptors (Lipinski definition) is 4. The maximum atomic E-state index is 13.1. The topological polar surface area (TPSA) is 99.3 Å². The van der Waals surface area contributed by atoms with Gasteiger partial charge in [-0.2, -0.15) is 0 Å². The fourth-order valence-electron chi connectivity index (χ4n) is 3.43. The van der Waals surface area contributed by atoms with Gasteiger partial charge in [0.2, 0.25) is 15.6 Å². The average Bonchev–Trinajstić information content (AvgIpc) is 3.14. The van der Waals surface area contributed by atoms with Crippen LogP contribution in [-0.2, 0) is 10.0 Å². The first-order chi connectivity index (χ1) is 12.3. The van der Waals surface area contributed by atoms with E-state index < -0.39 is 26.2 Å². The van der Waals surface area contributed by atoms with Crippen LogP contribution in [0.1, 0.15) is 36.5 Å². The number of carbonyl (C=O) groups excluding carboxylic acids is 1. The van der Waals surface area contributed by atoms with E-state index in [1.807, 2.05) is 0 Å². The van der Waals surface area contributed by atoms with Crippen LogP contribution in [0.2, 0.25) is 0 Å². The molecule has 1 aromatic heterocycles. The second-order valence-electron chi connectivity index (χ2n) is 6.85. The van der Waals surface area contributed by atoms with Crippen molar-refractivity contribution < 1.29 is 13.2 Å². The molecule has 1 amide bonds. The molecule has 0 saturated carbocycles. The highest BCUT2D eigenvalue weighted by Gasteiger charge is 2.42. The average molecular weight is 377 g/mol. The van der Waals surface area contributed by atoms with Gasteiger partial charge in [0.1, 0.15) is 4.75 Å². The lowest BCUT2D eigenvalue weighted by molar-refractivity contribution is 0.0956. The van der Waals surface area contributed by atoms with Crippen LogP contribution in [0.5, 0.6) is 0 Å². The molecular formula is C18H23N3O4S. The molecule has 0 radical (unpaired) electrons. The van der Waals surface area contributed by atoms with E-state index in [1.54, 1.807) is 19.1 Å². The Morgan fingerprint density at radius 2 is 2.12 bits per heavy atom. The summed E-state index contributed by atoms with van der Waals surface area (Å²) in [5, 5.41) is 3.57. The van der Waals surface area contributed by atoms with E-state index >= 15 is 0 Å². The summed E-state index contributed by atoms with van der Waals surface area (Å²) in [4.78, 5) is 27.0.